The van der Waals surface area contributed by atoms with Gasteiger partial charge < -0.3 is 14.7 Å². The maximum Gasteiger partial charge on any atom is 0.253 e. The molecule has 0 fully saturated rings. The van der Waals surface area contributed by atoms with Gasteiger partial charge in [0.15, 0.2) is 0 Å². The Bertz CT molecular complexity index is 384. The fraction of sp³-hybridized carbons (Fsp3) is 0.417. The van der Waals surface area contributed by atoms with Crippen LogP contribution in [0.5, 0.6) is 0 Å². The first-order chi connectivity index (χ1) is 8.04. The first-order valence-electron chi connectivity index (χ1n) is 5.22. The lowest BCUT2D eigenvalue weighted by atomic mass is 10.2. The molecule has 0 aliphatic rings. The van der Waals surface area contributed by atoms with E-state index in [9.17, 15) is 9.90 Å². The summed E-state index contributed by atoms with van der Waals surface area (Å²) in [6, 6.07) is 7.36. The third-order valence-electron chi connectivity index (χ3n) is 2.26. The Balaban J connectivity index is 2.63. The number of hydrogen-bond donors (Lipinski definition) is 1. The Hall–Kier alpha value is -0.660. The molecule has 1 rings (SSSR count). The first-order valence-corrected chi connectivity index (χ1v) is 6.30. The number of rotatable bonds is 5. The molecular weight excluding hydrogens is 333 g/mol. The van der Waals surface area contributed by atoms with Crippen LogP contribution in [-0.2, 0) is 4.74 Å². The topological polar surface area (TPSA) is 49.8 Å². The van der Waals surface area contributed by atoms with Gasteiger partial charge in [-0.25, -0.2) is 0 Å². The van der Waals surface area contributed by atoms with Crippen molar-refractivity contribution in [1.29, 1.82) is 0 Å². The molecule has 0 saturated carbocycles. The van der Waals surface area contributed by atoms with Crippen LogP contribution < -0.4 is 0 Å². The van der Waals surface area contributed by atoms with E-state index < -0.39 is 6.10 Å². The molecule has 0 aliphatic carbocycles. The summed E-state index contributed by atoms with van der Waals surface area (Å²) in [7, 11) is 3.19. The summed E-state index contributed by atoms with van der Waals surface area (Å²) >= 11 is 2.16. The second kappa shape index (κ2) is 6.93. The molecule has 1 aromatic carbocycles. The quantitative estimate of drug-likeness (QED) is 0.817. The Morgan fingerprint density at radius 2 is 2.29 bits per heavy atom. The summed E-state index contributed by atoms with van der Waals surface area (Å²) in [6.07, 6.45) is -0.656. The summed E-state index contributed by atoms with van der Waals surface area (Å²) in [6.45, 7) is 0.488. The fourth-order valence-electron chi connectivity index (χ4n) is 1.49. The van der Waals surface area contributed by atoms with Gasteiger partial charge in [0.05, 0.1) is 12.7 Å². The lowest BCUT2D eigenvalue weighted by Crippen LogP contribution is -2.36. The molecule has 17 heavy (non-hydrogen) atoms. The third kappa shape index (κ3) is 4.61. The van der Waals surface area contributed by atoms with Crippen molar-refractivity contribution in [1.82, 2.24) is 4.90 Å². The van der Waals surface area contributed by atoms with Gasteiger partial charge in [-0.1, -0.05) is 6.07 Å². The largest absolute Gasteiger partial charge is 0.389 e. The van der Waals surface area contributed by atoms with E-state index in [0.717, 1.165) is 3.57 Å². The Morgan fingerprint density at radius 1 is 1.59 bits per heavy atom. The molecule has 4 nitrogen and oxygen atoms in total. The van der Waals surface area contributed by atoms with E-state index in [0.29, 0.717) is 5.56 Å². The number of nitrogens with zero attached hydrogens (tertiary/aromatic N) is 1. The molecule has 1 N–H and O–H groups in total. The minimum Gasteiger partial charge on any atom is -0.389 e. The Morgan fingerprint density at radius 3 is 2.88 bits per heavy atom. The zero-order chi connectivity index (χ0) is 12.8. The average Bonchev–Trinajstić information content (AvgIpc) is 2.28. The normalized spacial score (nSPS) is 12.2. The summed E-state index contributed by atoms with van der Waals surface area (Å²) < 4.78 is 5.83. The predicted molar refractivity (Wildman–Crippen MR) is 74.0 cm³/mol. The van der Waals surface area contributed by atoms with E-state index in [1.807, 2.05) is 18.2 Å². The smallest absolute Gasteiger partial charge is 0.253 e. The molecule has 94 valence electrons. The number of aliphatic hydroxyl groups excluding tert-OH is 1. The van der Waals surface area contributed by atoms with Crippen LogP contribution in [0.3, 0.4) is 0 Å². The molecule has 1 aromatic rings. The van der Waals surface area contributed by atoms with Crippen LogP contribution in [0.25, 0.3) is 0 Å². The van der Waals surface area contributed by atoms with Crippen molar-refractivity contribution in [3.63, 3.8) is 0 Å². The number of aliphatic hydroxyl groups is 1. The van der Waals surface area contributed by atoms with Crippen molar-refractivity contribution in [2.24, 2.45) is 0 Å². The van der Waals surface area contributed by atoms with Gasteiger partial charge in [0.1, 0.15) is 0 Å². The lowest BCUT2D eigenvalue weighted by molar-refractivity contribution is 0.0380. The minimum atomic E-state index is -0.656. The number of carbonyl (C=O) groups is 1. The second-order valence-electron chi connectivity index (χ2n) is 3.81. The van der Waals surface area contributed by atoms with E-state index in [-0.39, 0.29) is 19.1 Å². The van der Waals surface area contributed by atoms with Gasteiger partial charge in [0.2, 0.25) is 0 Å². The van der Waals surface area contributed by atoms with Gasteiger partial charge >= 0.3 is 0 Å². The van der Waals surface area contributed by atoms with Crippen molar-refractivity contribution >= 4 is 28.5 Å². The SMILES string of the molecule is COCC(O)CN(C)C(=O)c1cccc(I)c1. The van der Waals surface area contributed by atoms with Crippen LogP contribution in [0.2, 0.25) is 0 Å². The van der Waals surface area contributed by atoms with Crippen molar-refractivity contribution in [3.8, 4) is 0 Å². The Labute approximate surface area is 115 Å². The van der Waals surface area contributed by atoms with Gasteiger partial charge in [0.25, 0.3) is 5.91 Å². The van der Waals surface area contributed by atoms with Crippen LogP contribution in [0.4, 0.5) is 0 Å². The highest BCUT2D eigenvalue weighted by molar-refractivity contribution is 14.1. The van der Waals surface area contributed by atoms with Crippen LogP contribution in [-0.4, -0.2) is 49.3 Å². The fourth-order valence-corrected chi connectivity index (χ4v) is 2.03. The number of halogens is 1. The van der Waals surface area contributed by atoms with E-state index in [1.165, 1.54) is 12.0 Å². The van der Waals surface area contributed by atoms with E-state index in [1.54, 1.807) is 13.1 Å². The van der Waals surface area contributed by atoms with Crippen LogP contribution in [0.15, 0.2) is 24.3 Å². The van der Waals surface area contributed by atoms with Crippen molar-refractivity contribution < 1.29 is 14.6 Å². The van der Waals surface area contributed by atoms with Crippen LogP contribution >= 0.6 is 22.6 Å². The summed E-state index contributed by atoms with van der Waals surface area (Å²) in [5, 5.41) is 9.55. The number of hydrogen-bond acceptors (Lipinski definition) is 3. The Kier molecular flexibility index (Phi) is 5.87. The molecule has 1 atom stereocenters. The predicted octanol–water partition coefficient (Wildman–Crippen LogP) is 1.37. The molecule has 0 saturated heterocycles. The number of carbonyl (C=O) groups excluding carboxylic acids is 1. The number of amides is 1. The van der Waals surface area contributed by atoms with Gasteiger partial charge in [0, 0.05) is 29.8 Å². The first kappa shape index (κ1) is 14.4. The van der Waals surface area contributed by atoms with Crippen LogP contribution in [0.1, 0.15) is 10.4 Å². The number of likely N-dealkylation sites (N-methyl/N-ethyl adjacent to an activating group) is 1. The highest BCUT2D eigenvalue weighted by Crippen LogP contribution is 2.10. The number of ether oxygens (including phenoxy) is 1. The van der Waals surface area contributed by atoms with Gasteiger partial charge in [-0.05, 0) is 40.8 Å². The summed E-state index contributed by atoms with van der Waals surface area (Å²) in [4.78, 5) is 13.5. The van der Waals surface area contributed by atoms with Crippen molar-refractivity contribution in [3.05, 3.63) is 33.4 Å². The van der Waals surface area contributed by atoms with Gasteiger partial charge in [-0.15, -0.1) is 0 Å². The lowest BCUT2D eigenvalue weighted by Gasteiger charge is -2.20. The maximum atomic E-state index is 12.0. The van der Waals surface area contributed by atoms with E-state index in [4.69, 9.17) is 4.74 Å². The van der Waals surface area contributed by atoms with Gasteiger partial charge in [-0.3, -0.25) is 4.79 Å². The van der Waals surface area contributed by atoms with Gasteiger partial charge in [-0.2, -0.15) is 0 Å². The monoisotopic (exact) mass is 349 g/mol. The molecular formula is C12H16INO3. The highest BCUT2D eigenvalue weighted by Gasteiger charge is 2.15. The molecule has 0 radical (unpaired) electrons. The van der Waals surface area contributed by atoms with E-state index >= 15 is 0 Å². The molecule has 0 aromatic heterocycles. The third-order valence-corrected chi connectivity index (χ3v) is 2.93. The molecule has 5 heteroatoms. The standard InChI is InChI=1S/C12H16INO3/c1-14(7-11(15)8-17-2)12(16)9-4-3-5-10(13)6-9/h3-6,11,15H,7-8H2,1-2H3. The van der Waals surface area contributed by atoms with Crippen LogP contribution in [0, 0.1) is 3.57 Å². The van der Waals surface area contributed by atoms with Crippen molar-refractivity contribution in [2.45, 2.75) is 6.10 Å². The summed E-state index contributed by atoms with van der Waals surface area (Å²) in [5.74, 6) is -0.0985. The molecule has 1 amide bonds. The molecule has 0 aliphatic heterocycles. The maximum absolute atomic E-state index is 12.0. The molecule has 0 bridgehead atoms. The minimum absolute atomic E-state index is 0.0985. The molecule has 1 unspecified atom stereocenters. The molecule has 0 heterocycles. The highest BCUT2D eigenvalue weighted by atomic mass is 127. The zero-order valence-electron chi connectivity index (χ0n) is 9.89. The molecule has 0 spiro atoms. The summed E-state index contributed by atoms with van der Waals surface area (Å²) in [5.41, 5.74) is 0.629. The van der Waals surface area contributed by atoms with E-state index in [2.05, 4.69) is 22.6 Å². The number of benzene rings is 1. The second-order valence-corrected chi connectivity index (χ2v) is 5.05. The van der Waals surface area contributed by atoms with Crippen molar-refractivity contribution in [2.75, 3.05) is 27.3 Å². The zero-order valence-corrected chi connectivity index (χ0v) is 12.0. The number of methoxy groups -OCH3 is 1. The average molecular weight is 349 g/mol.